The van der Waals surface area contributed by atoms with E-state index in [9.17, 15) is 0 Å². The molecular formula is C6H8N8-2. The van der Waals surface area contributed by atoms with E-state index in [2.05, 4.69) is 5.43 Å². The van der Waals surface area contributed by atoms with Crippen LogP contribution >= 0.6 is 0 Å². The van der Waals surface area contributed by atoms with Crippen LogP contribution in [0.15, 0.2) is 30.3 Å². The number of hydrogen-bond acceptors (Lipinski definition) is 2. The average Bonchev–Trinajstić information content (AvgIpc) is 2.21. The van der Waals surface area contributed by atoms with E-state index in [-0.39, 0.29) is 0 Å². The number of rotatable bonds is 1. The molecule has 8 heteroatoms. The van der Waals surface area contributed by atoms with E-state index in [1.807, 2.05) is 30.3 Å². The first-order valence-electron chi connectivity index (χ1n) is 3.25. The number of nitrogens with one attached hydrogen (secondary N) is 1. The molecule has 8 nitrogen and oxygen atoms in total. The lowest BCUT2D eigenvalue weighted by Crippen LogP contribution is -2.05. The zero-order chi connectivity index (χ0) is 11.2. The summed E-state index contributed by atoms with van der Waals surface area (Å²) in [6.07, 6.45) is 0. The van der Waals surface area contributed by atoms with Crippen LogP contribution in [0, 0.1) is 0 Å². The smallest absolute Gasteiger partial charge is 0.0485 e. The van der Waals surface area contributed by atoms with Crippen molar-refractivity contribution in [1.82, 2.24) is 0 Å². The molecule has 0 aliphatic heterocycles. The molecule has 0 saturated heterocycles. The molecule has 1 aromatic rings. The fourth-order valence-electron chi connectivity index (χ4n) is 0.534. The molecule has 74 valence electrons. The highest BCUT2D eigenvalue weighted by atomic mass is 15.2. The Labute approximate surface area is 80.2 Å². The normalized spacial score (nSPS) is 6.07. The number of hydrazine groups is 1. The largest absolute Gasteiger partial charge is 0.373 e. The number of anilines is 1. The molecule has 1 rings (SSSR count). The monoisotopic (exact) mass is 192 g/mol. The van der Waals surface area contributed by atoms with Crippen LogP contribution in [0.2, 0.25) is 0 Å². The van der Waals surface area contributed by atoms with Gasteiger partial charge in [0.2, 0.25) is 0 Å². The van der Waals surface area contributed by atoms with Crippen molar-refractivity contribution in [3.05, 3.63) is 62.3 Å². The summed E-state index contributed by atoms with van der Waals surface area (Å²) in [6, 6.07) is 9.60. The van der Waals surface area contributed by atoms with Crippen molar-refractivity contribution < 1.29 is 0 Å². The van der Waals surface area contributed by atoms with Gasteiger partial charge >= 0.3 is 0 Å². The molecule has 0 spiro atoms. The Kier molecular flexibility index (Phi) is 13.3. The minimum Gasteiger partial charge on any atom is -0.373 e. The van der Waals surface area contributed by atoms with Crippen LogP contribution in [0.3, 0.4) is 0 Å². The number of nitrogens with zero attached hydrogens (tertiary/aromatic N) is 6. The zero-order valence-corrected chi connectivity index (χ0v) is 7.15. The van der Waals surface area contributed by atoms with Gasteiger partial charge in [0, 0.05) is 5.69 Å². The molecule has 0 aromatic heterocycles. The van der Waals surface area contributed by atoms with Crippen LogP contribution in [-0.2, 0) is 0 Å². The number of para-hydroxylation sites is 1. The summed E-state index contributed by atoms with van der Waals surface area (Å²) >= 11 is 0. The van der Waals surface area contributed by atoms with E-state index in [4.69, 9.17) is 28.0 Å². The van der Waals surface area contributed by atoms with Crippen LogP contribution in [0.1, 0.15) is 0 Å². The third-order valence-corrected chi connectivity index (χ3v) is 0.940. The van der Waals surface area contributed by atoms with Gasteiger partial charge in [-0.3, -0.25) is 15.7 Å². The van der Waals surface area contributed by atoms with Gasteiger partial charge in [0.1, 0.15) is 0 Å². The molecule has 1 aromatic carbocycles. The summed E-state index contributed by atoms with van der Waals surface area (Å²) in [6.45, 7) is 0. The highest BCUT2D eigenvalue weighted by Crippen LogP contribution is 2.00. The maximum Gasteiger partial charge on any atom is 0.0485 e. The highest BCUT2D eigenvalue weighted by molar-refractivity contribution is 5.40. The van der Waals surface area contributed by atoms with Crippen LogP contribution < -0.4 is 11.3 Å². The van der Waals surface area contributed by atoms with E-state index in [0.717, 1.165) is 5.69 Å². The van der Waals surface area contributed by atoms with Gasteiger partial charge in [-0.1, -0.05) is 18.2 Å². The SMILES string of the molecule is NNc1ccccc1.[N-]=[N+]=[N-].[N-]=[N+]=[N-]. The van der Waals surface area contributed by atoms with Gasteiger partial charge in [0.15, 0.2) is 0 Å². The first-order chi connectivity index (χ1) is 6.76. The molecule has 0 bridgehead atoms. The second kappa shape index (κ2) is 13.2. The van der Waals surface area contributed by atoms with E-state index < -0.39 is 0 Å². The summed E-state index contributed by atoms with van der Waals surface area (Å²) in [7, 11) is 0. The summed E-state index contributed by atoms with van der Waals surface area (Å²) in [5.41, 5.74) is 30.5. The van der Waals surface area contributed by atoms with Crippen molar-refractivity contribution in [2.45, 2.75) is 0 Å². The predicted octanol–water partition coefficient (Wildman–Crippen LogP) is 2.70. The number of nitrogen functional groups attached to an aromatic ring is 1. The zero-order valence-electron chi connectivity index (χ0n) is 7.15. The fourth-order valence-corrected chi connectivity index (χ4v) is 0.534. The molecule has 0 amide bonds. The Morgan fingerprint density at radius 1 is 0.929 bits per heavy atom. The third-order valence-electron chi connectivity index (χ3n) is 0.940. The van der Waals surface area contributed by atoms with E-state index >= 15 is 0 Å². The van der Waals surface area contributed by atoms with Gasteiger partial charge in [0.05, 0.1) is 0 Å². The second-order valence-electron chi connectivity index (χ2n) is 1.69. The standard InChI is InChI=1S/C6H8N2.2N3/c7-8-6-4-2-1-3-5-6;2*1-3-2/h1-5,8H,7H2;;/q;2*-1. The van der Waals surface area contributed by atoms with Crippen LogP contribution in [0.5, 0.6) is 0 Å². The van der Waals surface area contributed by atoms with Crippen molar-refractivity contribution in [3.8, 4) is 0 Å². The van der Waals surface area contributed by atoms with Crippen molar-refractivity contribution in [3.63, 3.8) is 0 Å². The minimum absolute atomic E-state index is 0.938. The molecule has 14 heavy (non-hydrogen) atoms. The Balaban J connectivity index is 0. The minimum atomic E-state index is 0.938. The molecule has 0 fully saturated rings. The fraction of sp³-hybridized carbons (Fsp3) is 0. The predicted molar refractivity (Wildman–Crippen MR) is 54.4 cm³/mol. The average molecular weight is 192 g/mol. The third kappa shape index (κ3) is 12.3. The molecule has 0 atom stereocenters. The lowest BCUT2D eigenvalue weighted by atomic mass is 10.3. The Hall–Kier alpha value is -2.40. The molecule has 0 aliphatic carbocycles. The molecule has 0 heterocycles. The van der Waals surface area contributed by atoms with Gasteiger partial charge in [-0.05, 0) is 12.1 Å². The summed E-state index contributed by atoms with van der Waals surface area (Å²) < 4.78 is 0. The van der Waals surface area contributed by atoms with Gasteiger partial charge in [0.25, 0.3) is 0 Å². The van der Waals surface area contributed by atoms with E-state index in [1.54, 1.807) is 0 Å². The Morgan fingerprint density at radius 2 is 1.29 bits per heavy atom. The molecule has 0 saturated carbocycles. The maximum absolute atomic E-state index is 6.75. The first kappa shape index (κ1) is 14.1. The van der Waals surface area contributed by atoms with Crippen molar-refractivity contribution in [2.75, 3.05) is 5.43 Å². The number of hydrogen-bond donors (Lipinski definition) is 2. The Bertz CT molecular complexity index is 270. The van der Waals surface area contributed by atoms with E-state index in [1.165, 1.54) is 9.82 Å². The van der Waals surface area contributed by atoms with E-state index in [0.29, 0.717) is 0 Å². The van der Waals surface area contributed by atoms with Gasteiger partial charge < -0.3 is 27.6 Å². The molecule has 0 aliphatic rings. The first-order valence-corrected chi connectivity index (χ1v) is 3.25. The molecule has 0 radical (unpaired) electrons. The van der Waals surface area contributed by atoms with Crippen molar-refractivity contribution in [1.29, 1.82) is 0 Å². The molecule has 3 N–H and O–H groups in total. The molecular weight excluding hydrogens is 184 g/mol. The highest BCUT2D eigenvalue weighted by Gasteiger charge is 1.78. The summed E-state index contributed by atoms with van der Waals surface area (Å²) in [5.74, 6) is 5.10. The second-order valence-corrected chi connectivity index (χ2v) is 1.69. The van der Waals surface area contributed by atoms with Crippen LogP contribution in [-0.4, -0.2) is 0 Å². The van der Waals surface area contributed by atoms with Crippen molar-refractivity contribution >= 4 is 5.69 Å². The van der Waals surface area contributed by atoms with Crippen LogP contribution in [0.25, 0.3) is 31.9 Å². The lowest BCUT2D eigenvalue weighted by Gasteiger charge is -1.94. The quantitative estimate of drug-likeness (QED) is 0.230. The Morgan fingerprint density at radius 3 is 1.50 bits per heavy atom. The lowest BCUT2D eigenvalue weighted by molar-refractivity contribution is 1.35. The van der Waals surface area contributed by atoms with Crippen molar-refractivity contribution in [2.24, 2.45) is 5.84 Å². The number of benzene rings is 1. The topological polar surface area (TPSA) is 155 Å². The maximum atomic E-state index is 6.75. The summed E-state index contributed by atoms with van der Waals surface area (Å²) in [4.78, 5) is 3.00. The van der Waals surface area contributed by atoms with Gasteiger partial charge in [-0.15, -0.1) is 0 Å². The van der Waals surface area contributed by atoms with Gasteiger partial charge in [-0.25, -0.2) is 0 Å². The van der Waals surface area contributed by atoms with Gasteiger partial charge in [-0.2, -0.15) is 0 Å². The molecule has 0 unspecified atom stereocenters. The van der Waals surface area contributed by atoms with Crippen LogP contribution in [0.4, 0.5) is 5.69 Å². The number of nitrogens with two attached hydrogens (primary N) is 1. The summed E-state index contributed by atoms with van der Waals surface area (Å²) in [5, 5.41) is 0.